The number of thiazole rings is 1. The quantitative estimate of drug-likeness (QED) is 0.738. The molecule has 5 heteroatoms. The Bertz CT molecular complexity index is 687. The van der Waals surface area contributed by atoms with Crippen molar-refractivity contribution in [1.29, 1.82) is 0 Å². The van der Waals surface area contributed by atoms with Crippen LogP contribution in [0.25, 0.3) is 11.3 Å². The standard InChI is InChI=1S/C15H16N4S/c1-18-9-8-16-14(18)10-19(2)15-17-13(11-20-15)12-6-4-3-5-7-12/h3-9,11H,10H2,1-2H3. The van der Waals surface area contributed by atoms with E-state index in [0.717, 1.165) is 28.8 Å². The van der Waals surface area contributed by atoms with E-state index in [1.165, 1.54) is 0 Å². The molecule has 0 atom stereocenters. The monoisotopic (exact) mass is 284 g/mol. The summed E-state index contributed by atoms with van der Waals surface area (Å²) in [5.41, 5.74) is 2.18. The van der Waals surface area contributed by atoms with E-state index in [1.807, 2.05) is 49.3 Å². The molecule has 2 heterocycles. The zero-order valence-corrected chi connectivity index (χ0v) is 12.3. The van der Waals surface area contributed by atoms with E-state index in [0.29, 0.717) is 0 Å². The van der Waals surface area contributed by atoms with Gasteiger partial charge in [0.1, 0.15) is 5.82 Å². The number of aryl methyl sites for hydroxylation is 1. The topological polar surface area (TPSA) is 34.0 Å². The van der Waals surface area contributed by atoms with Gasteiger partial charge in [-0.25, -0.2) is 9.97 Å². The average Bonchev–Trinajstić information content (AvgIpc) is 3.10. The molecule has 3 rings (SSSR count). The fraction of sp³-hybridized carbons (Fsp3) is 0.200. The summed E-state index contributed by atoms with van der Waals surface area (Å²) in [6.45, 7) is 0.755. The lowest BCUT2D eigenvalue weighted by molar-refractivity contribution is 0.760. The first kappa shape index (κ1) is 12.9. The van der Waals surface area contributed by atoms with E-state index in [9.17, 15) is 0 Å². The number of imidazole rings is 1. The second kappa shape index (κ2) is 5.46. The zero-order valence-electron chi connectivity index (χ0n) is 11.5. The van der Waals surface area contributed by atoms with Crippen LogP contribution in [0.2, 0.25) is 0 Å². The van der Waals surface area contributed by atoms with E-state index in [2.05, 4.69) is 27.4 Å². The van der Waals surface area contributed by atoms with Crippen LogP contribution in [-0.4, -0.2) is 21.6 Å². The number of rotatable bonds is 4. The van der Waals surface area contributed by atoms with Crippen LogP contribution in [0.1, 0.15) is 5.82 Å². The Hall–Kier alpha value is -2.14. The van der Waals surface area contributed by atoms with Gasteiger partial charge >= 0.3 is 0 Å². The van der Waals surface area contributed by atoms with Crippen LogP contribution >= 0.6 is 11.3 Å². The predicted molar refractivity (Wildman–Crippen MR) is 82.9 cm³/mol. The highest BCUT2D eigenvalue weighted by molar-refractivity contribution is 7.14. The number of hydrogen-bond donors (Lipinski definition) is 0. The molecule has 0 saturated carbocycles. The summed E-state index contributed by atoms with van der Waals surface area (Å²) in [5, 5.41) is 3.10. The lowest BCUT2D eigenvalue weighted by Crippen LogP contribution is -2.18. The van der Waals surface area contributed by atoms with Crippen LogP contribution in [0.5, 0.6) is 0 Å². The highest BCUT2D eigenvalue weighted by Crippen LogP contribution is 2.27. The van der Waals surface area contributed by atoms with Crippen molar-refractivity contribution in [3.05, 3.63) is 53.9 Å². The molecular formula is C15H16N4S. The molecule has 102 valence electrons. The van der Waals surface area contributed by atoms with Gasteiger partial charge in [-0.05, 0) is 0 Å². The van der Waals surface area contributed by atoms with Crippen molar-refractivity contribution in [3.63, 3.8) is 0 Å². The second-order valence-electron chi connectivity index (χ2n) is 4.69. The first-order valence-electron chi connectivity index (χ1n) is 6.42. The molecule has 0 aliphatic rings. The maximum Gasteiger partial charge on any atom is 0.186 e. The first-order valence-corrected chi connectivity index (χ1v) is 7.30. The highest BCUT2D eigenvalue weighted by atomic mass is 32.1. The smallest absolute Gasteiger partial charge is 0.186 e. The van der Waals surface area contributed by atoms with Gasteiger partial charge in [-0.3, -0.25) is 0 Å². The van der Waals surface area contributed by atoms with Crippen molar-refractivity contribution in [3.8, 4) is 11.3 Å². The van der Waals surface area contributed by atoms with Gasteiger partial charge in [0.25, 0.3) is 0 Å². The summed E-state index contributed by atoms with van der Waals surface area (Å²) in [5.74, 6) is 1.03. The van der Waals surface area contributed by atoms with Gasteiger partial charge in [0, 0.05) is 37.4 Å². The highest BCUT2D eigenvalue weighted by Gasteiger charge is 2.10. The Balaban J connectivity index is 1.78. The molecule has 3 aromatic rings. The molecule has 2 aromatic heterocycles. The number of anilines is 1. The van der Waals surface area contributed by atoms with Gasteiger partial charge < -0.3 is 9.47 Å². The van der Waals surface area contributed by atoms with Gasteiger partial charge in [0.05, 0.1) is 12.2 Å². The molecule has 0 aliphatic heterocycles. The van der Waals surface area contributed by atoms with E-state index >= 15 is 0 Å². The van der Waals surface area contributed by atoms with E-state index in [-0.39, 0.29) is 0 Å². The molecule has 0 unspecified atom stereocenters. The van der Waals surface area contributed by atoms with Crippen molar-refractivity contribution in [2.45, 2.75) is 6.54 Å². The minimum absolute atomic E-state index is 0.755. The maximum absolute atomic E-state index is 4.70. The summed E-state index contributed by atoms with van der Waals surface area (Å²) in [6.07, 6.45) is 3.78. The lowest BCUT2D eigenvalue weighted by Gasteiger charge is -2.15. The van der Waals surface area contributed by atoms with Gasteiger partial charge in [-0.2, -0.15) is 0 Å². The summed E-state index contributed by atoms with van der Waals surface area (Å²) in [6, 6.07) is 10.2. The Morgan fingerprint density at radius 1 is 1.25 bits per heavy atom. The van der Waals surface area contributed by atoms with Crippen molar-refractivity contribution >= 4 is 16.5 Å². The third-order valence-electron chi connectivity index (χ3n) is 3.19. The Morgan fingerprint density at radius 2 is 2.05 bits per heavy atom. The van der Waals surface area contributed by atoms with Gasteiger partial charge in [0.2, 0.25) is 0 Å². The van der Waals surface area contributed by atoms with Crippen LogP contribution in [-0.2, 0) is 13.6 Å². The summed E-state index contributed by atoms with van der Waals surface area (Å²) >= 11 is 1.66. The molecule has 1 aromatic carbocycles. The fourth-order valence-corrected chi connectivity index (χ4v) is 2.81. The summed E-state index contributed by atoms with van der Waals surface area (Å²) in [4.78, 5) is 11.2. The second-order valence-corrected chi connectivity index (χ2v) is 5.53. The average molecular weight is 284 g/mol. The Kier molecular flexibility index (Phi) is 3.52. The Labute approximate surface area is 122 Å². The van der Waals surface area contributed by atoms with Gasteiger partial charge in [-0.15, -0.1) is 11.3 Å². The number of aromatic nitrogens is 3. The van der Waals surface area contributed by atoms with Crippen LogP contribution in [0.15, 0.2) is 48.1 Å². The lowest BCUT2D eigenvalue weighted by atomic mass is 10.2. The van der Waals surface area contributed by atoms with Crippen molar-refractivity contribution in [2.75, 3.05) is 11.9 Å². The number of nitrogens with zero attached hydrogens (tertiary/aromatic N) is 4. The third-order valence-corrected chi connectivity index (χ3v) is 4.14. The normalized spacial score (nSPS) is 10.7. The van der Waals surface area contributed by atoms with E-state index in [4.69, 9.17) is 4.98 Å². The van der Waals surface area contributed by atoms with Crippen molar-refractivity contribution in [1.82, 2.24) is 14.5 Å². The Morgan fingerprint density at radius 3 is 2.75 bits per heavy atom. The summed E-state index contributed by atoms with van der Waals surface area (Å²) < 4.78 is 2.03. The molecule has 4 nitrogen and oxygen atoms in total. The van der Waals surface area contributed by atoms with Crippen LogP contribution < -0.4 is 4.90 Å². The molecule has 0 saturated heterocycles. The summed E-state index contributed by atoms with van der Waals surface area (Å²) in [7, 11) is 4.05. The van der Waals surface area contributed by atoms with E-state index < -0.39 is 0 Å². The zero-order chi connectivity index (χ0) is 13.9. The van der Waals surface area contributed by atoms with Crippen LogP contribution in [0.4, 0.5) is 5.13 Å². The van der Waals surface area contributed by atoms with Gasteiger partial charge in [0.15, 0.2) is 5.13 Å². The molecule has 0 bridgehead atoms. The molecule has 0 radical (unpaired) electrons. The molecule has 0 amide bonds. The molecule has 20 heavy (non-hydrogen) atoms. The SMILES string of the molecule is CN(Cc1nccn1C)c1nc(-c2ccccc2)cs1. The fourth-order valence-electron chi connectivity index (χ4n) is 2.01. The molecule has 0 fully saturated rings. The minimum atomic E-state index is 0.755. The van der Waals surface area contributed by atoms with Crippen LogP contribution in [0, 0.1) is 0 Å². The first-order chi connectivity index (χ1) is 9.74. The van der Waals surface area contributed by atoms with Crippen molar-refractivity contribution in [2.24, 2.45) is 7.05 Å². The predicted octanol–water partition coefficient (Wildman–Crippen LogP) is 3.18. The molecule has 0 aliphatic carbocycles. The van der Waals surface area contributed by atoms with E-state index in [1.54, 1.807) is 11.3 Å². The minimum Gasteiger partial charge on any atom is -0.344 e. The maximum atomic E-state index is 4.70. The molecular weight excluding hydrogens is 268 g/mol. The number of hydrogen-bond acceptors (Lipinski definition) is 4. The third kappa shape index (κ3) is 2.58. The number of benzene rings is 1. The molecule has 0 N–H and O–H groups in total. The largest absolute Gasteiger partial charge is 0.344 e. The van der Waals surface area contributed by atoms with Gasteiger partial charge in [-0.1, -0.05) is 30.3 Å². The molecule has 0 spiro atoms. The van der Waals surface area contributed by atoms with Crippen molar-refractivity contribution < 1.29 is 0 Å². The van der Waals surface area contributed by atoms with Crippen LogP contribution in [0.3, 0.4) is 0 Å².